The van der Waals surface area contributed by atoms with Crippen LogP contribution in [0.2, 0.25) is 0 Å². The number of alkyl halides is 2. The van der Waals surface area contributed by atoms with Crippen LogP contribution in [0, 0.1) is 18.3 Å². The smallest absolute Gasteiger partial charge is 0.251 e. The van der Waals surface area contributed by atoms with Crippen molar-refractivity contribution in [2.45, 2.75) is 65.8 Å². The summed E-state index contributed by atoms with van der Waals surface area (Å²) in [5.74, 6) is -3.45. The van der Waals surface area contributed by atoms with E-state index in [9.17, 15) is 13.6 Å². The van der Waals surface area contributed by atoms with Crippen LogP contribution < -0.4 is 5.32 Å². The molecule has 1 unspecified atom stereocenters. The summed E-state index contributed by atoms with van der Waals surface area (Å²) in [6.45, 7) is 7.42. The zero-order valence-corrected chi connectivity index (χ0v) is 18.1. The molecule has 2 rings (SSSR count). The fraction of sp³-hybridized carbons (Fsp3) is 0.478. The normalized spacial score (nSPS) is 16.5. The molecule has 30 heavy (non-hydrogen) atoms. The summed E-state index contributed by atoms with van der Waals surface area (Å²) >= 11 is 0. The van der Waals surface area contributed by atoms with Crippen molar-refractivity contribution in [1.82, 2.24) is 10.3 Å². The van der Waals surface area contributed by atoms with Crippen LogP contribution in [-0.2, 0) is 17.8 Å². The second-order valence-electron chi connectivity index (χ2n) is 7.60. The minimum atomic E-state index is -2.69. The quantitative estimate of drug-likeness (QED) is 0.567. The van der Waals surface area contributed by atoms with Crippen molar-refractivity contribution >= 4 is 17.2 Å². The lowest BCUT2D eigenvalue weighted by molar-refractivity contribution is -0.112. The number of hydrogen-bond acceptors (Lipinski definition) is 5. The highest BCUT2D eigenvalue weighted by molar-refractivity contribution is 6.53. The predicted octanol–water partition coefficient (Wildman–Crippen LogP) is 4.94. The van der Waals surface area contributed by atoms with Gasteiger partial charge in [-0.15, -0.1) is 0 Å². The van der Waals surface area contributed by atoms with Gasteiger partial charge in [0.05, 0.1) is 5.71 Å². The molecule has 0 spiro atoms. The van der Waals surface area contributed by atoms with E-state index in [1.807, 2.05) is 13.0 Å². The molecule has 0 aliphatic carbocycles. The average molecular weight is 417 g/mol. The molecule has 0 aromatic carbocycles. The number of nitrogens with zero attached hydrogens (tertiary/aromatic N) is 2. The molecule has 1 aliphatic heterocycles. The molecule has 0 saturated heterocycles. The predicted molar refractivity (Wildman–Crippen MR) is 116 cm³/mol. The Morgan fingerprint density at radius 1 is 1.37 bits per heavy atom. The molecule has 162 valence electrons. The first kappa shape index (κ1) is 23.6. The Morgan fingerprint density at radius 3 is 2.73 bits per heavy atom. The van der Waals surface area contributed by atoms with Gasteiger partial charge in [0.2, 0.25) is 0 Å². The second kappa shape index (κ2) is 10.4. The fourth-order valence-electron chi connectivity index (χ4n) is 3.13. The lowest BCUT2D eigenvalue weighted by Gasteiger charge is -2.22. The Bertz CT molecular complexity index is 887. The number of aryl methyl sites for hydroxylation is 2. The maximum Gasteiger partial charge on any atom is 0.251 e. The SMILES string of the molecule is CCC(=O)C1=NC=CC(=N)/C1=C\NCc1cnc(CCC(F)(F)C(C)CC)c(C)c1. The van der Waals surface area contributed by atoms with Crippen LogP contribution in [0.3, 0.4) is 0 Å². The number of allylic oxidation sites excluding steroid dienone is 2. The summed E-state index contributed by atoms with van der Waals surface area (Å²) in [5, 5.41) is 11.1. The van der Waals surface area contributed by atoms with Gasteiger partial charge in [-0.2, -0.15) is 0 Å². The van der Waals surface area contributed by atoms with E-state index < -0.39 is 11.8 Å². The van der Waals surface area contributed by atoms with Crippen LogP contribution in [-0.4, -0.2) is 28.1 Å². The standard InChI is InChI=1S/C23H30F2N4O/c1-5-16(4)23(24,25)9-7-20-15(3)11-17(13-29-20)12-27-14-18-19(26)8-10-28-22(18)21(30)6-2/h8,10-11,13-14,16,26-27H,5-7,9,12H2,1-4H3/b18-14+,26-19?. The number of pyridine rings is 1. The molecule has 0 radical (unpaired) electrons. The summed E-state index contributed by atoms with van der Waals surface area (Å²) < 4.78 is 28.2. The number of Topliss-reactive ketones (excluding diaryl/α,β-unsaturated/α-hetero) is 1. The summed E-state index contributed by atoms with van der Waals surface area (Å²) in [6.07, 6.45) is 7.09. The second-order valence-corrected chi connectivity index (χ2v) is 7.60. The van der Waals surface area contributed by atoms with Gasteiger partial charge in [0.25, 0.3) is 5.92 Å². The number of aromatic nitrogens is 1. The first-order chi connectivity index (χ1) is 14.2. The molecule has 5 nitrogen and oxygen atoms in total. The minimum absolute atomic E-state index is 0.117. The van der Waals surface area contributed by atoms with Gasteiger partial charge in [-0.25, -0.2) is 8.78 Å². The van der Waals surface area contributed by atoms with Gasteiger partial charge in [0.1, 0.15) is 5.71 Å². The molecule has 0 saturated carbocycles. The van der Waals surface area contributed by atoms with Crippen molar-refractivity contribution in [3.63, 3.8) is 0 Å². The maximum absolute atomic E-state index is 14.1. The molecule has 1 aromatic heterocycles. The van der Waals surface area contributed by atoms with Gasteiger partial charge in [-0.3, -0.25) is 14.8 Å². The average Bonchev–Trinajstić information content (AvgIpc) is 2.72. The van der Waals surface area contributed by atoms with E-state index in [-0.39, 0.29) is 30.0 Å². The zero-order chi connectivity index (χ0) is 22.3. The van der Waals surface area contributed by atoms with Gasteiger partial charge in [-0.05, 0) is 37.0 Å². The van der Waals surface area contributed by atoms with Crippen molar-refractivity contribution in [3.05, 3.63) is 53.1 Å². The lowest BCUT2D eigenvalue weighted by atomic mass is 9.95. The number of nitrogens with one attached hydrogen (secondary N) is 2. The molecule has 0 bridgehead atoms. The van der Waals surface area contributed by atoms with Crippen molar-refractivity contribution in [3.8, 4) is 0 Å². The monoisotopic (exact) mass is 416 g/mol. The maximum atomic E-state index is 14.1. The summed E-state index contributed by atoms with van der Waals surface area (Å²) in [7, 11) is 0. The number of halogens is 2. The molecule has 1 aromatic rings. The van der Waals surface area contributed by atoms with E-state index in [0.29, 0.717) is 30.7 Å². The van der Waals surface area contributed by atoms with Gasteiger partial charge in [-0.1, -0.05) is 26.8 Å². The van der Waals surface area contributed by atoms with E-state index in [4.69, 9.17) is 5.41 Å². The highest BCUT2D eigenvalue weighted by atomic mass is 19.3. The number of carbonyl (C=O) groups is 1. The van der Waals surface area contributed by atoms with E-state index in [1.54, 1.807) is 33.2 Å². The number of ketones is 1. The first-order valence-electron chi connectivity index (χ1n) is 10.3. The molecule has 0 fully saturated rings. The van der Waals surface area contributed by atoms with Crippen molar-refractivity contribution in [2.75, 3.05) is 0 Å². The van der Waals surface area contributed by atoms with E-state index in [0.717, 1.165) is 11.1 Å². The Hall–Kier alpha value is -2.70. The molecule has 0 amide bonds. The molecule has 1 aliphatic rings. The van der Waals surface area contributed by atoms with E-state index in [1.165, 1.54) is 12.3 Å². The minimum Gasteiger partial charge on any atom is -0.386 e. The Balaban J connectivity index is 2.02. The van der Waals surface area contributed by atoms with Crippen molar-refractivity contribution in [1.29, 1.82) is 5.41 Å². The number of hydrogen-bond donors (Lipinski definition) is 2. The third-order valence-corrected chi connectivity index (χ3v) is 5.40. The van der Waals surface area contributed by atoms with Crippen LogP contribution in [0.25, 0.3) is 0 Å². The summed E-state index contributed by atoms with van der Waals surface area (Å²) in [6, 6.07) is 1.92. The van der Waals surface area contributed by atoms with Gasteiger partial charge in [0, 0.05) is 55.2 Å². The van der Waals surface area contributed by atoms with Crippen molar-refractivity contribution in [2.24, 2.45) is 10.9 Å². The topological polar surface area (TPSA) is 78.2 Å². The van der Waals surface area contributed by atoms with E-state index in [2.05, 4.69) is 15.3 Å². The Morgan fingerprint density at radius 2 is 2.10 bits per heavy atom. The largest absolute Gasteiger partial charge is 0.386 e. The number of aliphatic imine (C=N–C) groups is 1. The lowest BCUT2D eigenvalue weighted by Crippen LogP contribution is -2.26. The van der Waals surface area contributed by atoms with Crippen LogP contribution >= 0.6 is 0 Å². The van der Waals surface area contributed by atoms with Gasteiger partial charge in [0.15, 0.2) is 5.78 Å². The molecule has 2 N–H and O–H groups in total. The van der Waals surface area contributed by atoms with Crippen molar-refractivity contribution < 1.29 is 13.6 Å². The molecular weight excluding hydrogens is 386 g/mol. The van der Waals surface area contributed by atoms with Crippen LogP contribution in [0.15, 0.2) is 41.3 Å². The molecule has 1 atom stereocenters. The summed E-state index contributed by atoms with van der Waals surface area (Å²) in [4.78, 5) is 20.5. The zero-order valence-electron chi connectivity index (χ0n) is 18.1. The van der Waals surface area contributed by atoms with Crippen LogP contribution in [0.1, 0.15) is 56.9 Å². The fourth-order valence-corrected chi connectivity index (χ4v) is 3.13. The number of rotatable bonds is 10. The van der Waals surface area contributed by atoms with Crippen LogP contribution in [0.4, 0.5) is 8.78 Å². The summed E-state index contributed by atoms with van der Waals surface area (Å²) in [5.41, 5.74) is 3.41. The first-order valence-corrected chi connectivity index (χ1v) is 10.3. The van der Waals surface area contributed by atoms with E-state index >= 15 is 0 Å². The third kappa shape index (κ3) is 5.90. The Kier molecular flexibility index (Phi) is 8.15. The highest BCUT2D eigenvalue weighted by Gasteiger charge is 2.34. The Labute approximate surface area is 176 Å². The molecule has 7 heteroatoms. The molecular formula is C23H30F2N4O. The third-order valence-electron chi connectivity index (χ3n) is 5.40. The molecule has 2 heterocycles. The van der Waals surface area contributed by atoms with Gasteiger partial charge < -0.3 is 10.7 Å². The highest BCUT2D eigenvalue weighted by Crippen LogP contribution is 2.31. The number of carbonyl (C=O) groups excluding carboxylic acids is 1. The van der Waals surface area contributed by atoms with Gasteiger partial charge >= 0.3 is 0 Å². The van der Waals surface area contributed by atoms with Crippen LogP contribution in [0.5, 0.6) is 0 Å².